The van der Waals surface area contributed by atoms with Crippen LogP contribution in [-0.2, 0) is 53.1 Å². The molecular weight excluding hydrogens is 638 g/mol. The molecule has 2 N–H and O–H groups in total. The van der Waals surface area contributed by atoms with Crippen molar-refractivity contribution in [1.82, 2.24) is 0 Å². The van der Waals surface area contributed by atoms with E-state index in [1.807, 2.05) is 107 Å². The van der Waals surface area contributed by atoms with Crippen molar-refractivity contribution in [3.8, 4) is 11.5 Å². The summed E-state index contributed by atoms with van der Waals surface area (Å²) in [6.45, 7) is 27.3. The minimum absolute atomic E-state index is 0. The Morgan fingerprint density at radius 3 is 0.911 bits per heavy atom. The molecule has 0 saturated carbocycles. The first kappa shape index (κ1) is 44.6. The second-order valence-electron chi connectivity index (χ2n) is 15.5. The Kier molecular flexibility index (Phi) is 16.2. The second-order valence-corrected chi connectivity index (χ2v) is 19.7. The predicted octanol–water partition coefficient (Wildman–Crippen LogP) is 7.77. The molecule has 8 nitrogen and oxygen atoms in total. The molecule has 0 heterocycles. The summed E-state index contributed by atoms with van der Waals surface area (Å²) in [6, 6.07) is 7.33. The fourth-order valence-corrected chi connectivity index (χ4v) is 5.43. The van der Waals surface area contributed by atoms with Crippen molar-refractivity contribution in [2.75, 3.05) is 12.3 Å². The molecule has 45 heavy (non-hydrogen) atoms. The van der Waals surface area contributed by atoms with Gasteiger partial charge in [-0.1, -0.05) is 96.9 Å². The molecule has 0 fully saturated rings. The monoisotopic (exact) mass is 694 g/mol. The molecule has 0 radical (unpaired) electrons. The van der Waals surface area contributed by atoms with Gasteiger partial charge < -0.3 is 38.2 Å². The van der Waals surface area contributed by atoms with Crippen molar-refractivity contribution >= 4 is 52.9 Å². The Hall–Kier alpha value is -0.400. The zero-order chi connectivity index (χ0) is 34.7. The number of hydrogen-bond donors (Lipinski definition) is 2. The van der Waals surface area contributed by atoms with E-state index in [0.29, 0.717) is 0 Å². The van der Waals surface area contributed by atoms with E-state index in [1.54, 1.807) is 13.8 Å². The van der Waals surface area contributed by atoms with Gasteiger partial charge in [-0.05, 0) is 79.3 Å². The second kappa shape index (κ2) is 16.3. The number of benzene rings is 2. The SMILES string of the molecule is CCP(=O)([O-])OCc1cc(C(C)(C)C)c(O)c(C(C)(C)C)c1.CCP(=O)([O-])OCc1cc(C(C)(C)C)c(O)c(C(C)(C)C)c1.[Ca+2]. The molecule has 0 saturated heterocycles. The van der Waals surface area contributed by atoms with Crippen molar-refractivity contribution in [3.63, 3.8) is 0 Å². The Morgan fingerprint density at radius 2 is 0.756 bits per heavy atom. The quantitative estimate of drug-likeness (QED) is 0.211. The van der Waals surface area contributed by atoms with Gasteiger partial charge in [-0.2, -0.15) is 0 Å². The Balaban J connectivity index is 0.000000842. The standard InChI is InChI=1S/2C17H29O4P.Ca/c2*1-8-22(19,20)21-11-12-9-13(16(2,3)4)15(18)14(10-12)17(5,6)7;/h2*9-10,18H,8,11H2,1-7H3,(H,19,20);/q;;+2/p-2. The first-order valence-electron chi connectivity index (χ1n) is 15.2. The molecule has 11 heteroatoms. The molecule has 2 atom stereocenters. The van der Waals surface area contributed by atoms with E-state index >= 15 is 0 Å². The summed E-state index contributed by atoms with van der Waals surface area (Å²) in [6.07, 6.45) is -0.0489. The van der Waals surface area contributed by atoms with Crippen LogP contribution in [0, 0.1) is 0 Å². The molecule has 0 amide bonds. The number of phenols is 2. The first-order chi connectivity index (χ1) is 19.6. The zero-order valence-electron chi connectivity index (χ0n) is 30.1. The maximum absolute atomic E-state index is 11.6. The molecular formula is C34H56CaO8P2. The smallest absolute Gasteiger partial charge is 0.778 e. The molecule has 0 aliphatic rings. The van der Waals surface area contributed by atoms with Crippen molar-refractivity contribution < 1.29 is 38.2 Å². The molecule has 0 aliphatic heterocycles. The van der Waals surface area contributed by atoms with E-state index in [4.69, 9.17) is 9.05 Å². The van der Waals surface area contributed by atoms with Gasteiger partial charge in [0.25, 0.3) is 0 Å². The summed E-state index contributed by atoms with van der Waals surface area (Å²) >= 11 is 0. The molecule has 0 aromatic heterocycles. The molecule has 2 unspecified atom stereocenters. The third kappa shape index (κ3) is 13.9. The summed E-state index contributed by atoms with van der Waals surface area (Å²) in [5.74, 6) is 0.564. The van der Waals surface area contributed by atoms with Gasteiger partial charge in [-0.25, -0.2) is 0 Å². The minimum atomic E-state index is -3.77. The maximum atomic E-state index is 11.6. The first-order valence-corrected chi connectivity index (χ1v) is 18.6. The topological polar surface area (TPSA) is 139 Å². The van der Waals surface area contributed by atoms with Gasteiger partial charge in [0.15, 0.2) is 0 Å². The van der Waals surface area contributed by atoms with Gasteiger partial charge >= 0.3 is 37.7 Å². The summed E-state index contributed by atoms with van der Waals surface area (Å²) < 4.78 is 33.2. The Bertz CT molecular complexity index is 1200. The molecule has 2 aromatic rings. The minimum Gasteiger partial charge on any atom is -0.778 e. The number of aromatic hydroxyl groups is 2. The van der Waals surface area contributed by atoms with Crippen molar-refractivity contribution in [2.24, 2.45) is 0 Å². The largest absolute Gasteiger partial charge is 2.00 e. The van der Waals surface area contributed by atoms with Gasteiger partial charge in [-0.15, -0.1) is 0 Å². The van der Waals surface area contributed by atoms with E-state index in [9.17, 15) is 29.1 Å². The maximum Gasteiger partial charge on any atom is 2.00 e. The van der Waals surface area contributed by atoms with E-state index in [1.165, 1.54) is 0 Å². The van der Waals surface area contributed by atoms with Crippen LogP contribution in [0.25, 0.3) is 0 Å². The summed E-state index contributed by atoms with van der Waals surface area (Å²) in [7, 11) is -7.55. The average molecular weight is 695 g/mol. The van der Waals surface area contributed by atoms with Crippen LogP contribution in [0.5, 0.6) is 11.5 Å². The van der Waals surface area contributed by atoms with E-state index in [-0.39, 0.29) is 96.4 Å². The van der Waals surface area contributed by atoms with Crippen LogP contribution in [0.1, 0.15) is 130 Å². The normalized spacial score (nSPS) is 15.3. The number of rotatable bonds is 8. The van der Waals surface area contributed by atoms with Crippen LogP contribution in [0.3, 0.4) is 0 Å². The Morgan fingerprint density at radius 1 is 0.556 bits per heavy atom. The fourth-order valence-electron chi connectivity index (χ4n) is 4.37. The third-order valence-corrected chi connectivity index (χ3v) is 9.80. The Labute approximate surface area is 302 Å². The van der Waals surface area contributed by atoms with Gasteiger partial charge in [-0.3, -0.25) is 0 Å². The van der Waals surface area contributed by atoms with E-state index in [0.717, 1.165) is 33.4 Å². The summed E-state index contributed by atoms with van der Waals surface area (Å²) in [4.78, 5) is 23.1. The van der Waals surface area contributed by atoms with Gasteiger partial charge in [0, 0.05) is 12.3 Å². The van der Waals surface area contributed by atoms with Gasteiger partial charge in [0.05, 0.1) is 13.2 Å². The predicted molar refractivity (Wildman–Crippen MR) is 183 cm³/mol. The van der Waals surface area contributed by atoms with Gasteiger partial charge in [0.2, 0.25) is 0 Å². The molecule has 0 bridgehead atoms. The van der Waals surface area contributed by atoms with E-state index < -0.39 is 15.2 Å². The number of phenolic OH excluding ortho intramolecular Hbond substituents is 2. The van der Waals surface area contributed by atoms with Crippen LogP contribution >= 0.6 is 15.2 Å². The molecule has 2 aromatic carbocycles. The average Bonchev–Trinajstić information content (AvgIpc) is 2.85. The summed E-state index contributed by atoms with van der Waals surface area (Å²) in [5.41, 5.74) is 3.75. The van der Waals surface area contributed by atoms with Crippen LogP contribution in [0.2, 0.25) is 0 Å². The van der Waals surface area contributed by atoms with Crippen molar-refractivity contribution in [2.45, 2.75) is 132 Å². The molecule has 0 aliphatic carbocycles. The molecule has 2 rings (SSSR count). The molecule has 252 valence electrons. The van der Waals surface area contributed by atoms with E-state index in [2.05, 4.69) is 0 Å². The van der Waals surface area contributed by atoms with Crippen LogP contribution in [0.4, 0.5) is 0 Å². The fraction of sp³-hybridized carbons (Fsp3) is 0.647. The third-order valence-electron chi connectivity index (χ3n) is 7.20. The molecule has 0 spiro atoms. The zero-order valence-corrected chi connectivity index (χ0v) is 34.1. The van der Waals surface area contributed by atoms with Crippen LogP contribution in [-0.4, -0.2) is 60.3 Å². The number of hydrogen-bond acceptors (Lipinski definition) is 8. The van der Waals surface area contributed by atoms with Crippen molar-refractivity contribution in [1.29, 1.82) is 0 Å². The van der Waals surface area contributed by atoms with Gasteiger partial charge in [0.1, 0.15) is 26.7 Å². The van der Waals surface area contributed by atoms with Crippen LogP contribution in [0.15, 0.2) is 24.3 Å². The van der Waals surface area contributed by atoms with Crippen LogP contribution < -0.4 is 9.79 Å². The summed E-state index contributed by atoms with van der Waals surface area (Å²) in [5, 5.41) is 21.2. The van der Waals surface area contributed by atoms with Crippen molar-refractivity contribution in [3.05, 3.63) is 57.6 Å².